The minimum absolute atomic E-state index is 0. The molecule has 1 heterocycles. The van der Waals surface area contributed by atoms with E-state index in [2.05, 4.69) is 16.3 Å². The van der Waals surface area contributed by atoms with Crippen LogP contribution in [0, 0.1) is 0 Å². The molecule has 1 aliphatic rings. The van der Waals surface area contributed by atoms with Gasteiger partial charge in [-0.05, 0) is 30.8 Å². The molecule has 5 heteroatoms. The zero-order chi connectivity index (χ0) is 11.2. The summed E-state index contributed by atoms with van der Waals surface area (Å²) in [7, 11) is 0. The predicted molar refractivity (Wildman–Crippen MR) is 62.5 cm³/mol. The Morgan fingerprint density at radius 3 is 2.76 bits per heavy atom. The van der Waals surface area contributed by atoms with E-state index in [1.165, 1.54) is 5.56 Å². The molecule has 0 amide bonds. The zero-order valence-corrected chi connectivity index (χ0v) is 13.4. The van der Waals surface area contributed by atoms with Crippen molar-refractivity contribution in [3.8, 4) is 5.75 Å². The molecular weight excluding hydrogens is 243 g/mol. The van der Waals surface area contributed by atoms with Gasteiger partial charge in [-0.15, -0.1) is 13.1 Å². The van der Waals surface area contributed by atoms with Crippen LogP contribution in [0.3, 0.4) is 0 Å². The first-order valence-electron chi connectivity index (χ1n) is 5.57. The van der Waals surface area contributed by atoms with Gasteiger partial charge in [0.1, 0.15) is 5.75 Å². The molecule has 1 aliphatic heterocycles. The van der Waals surface area contributed by atoms with Crippen LogP contribution >= 0.6 is 0 Å². The molecule has 0 spiro atoms. The summed E-state index contributed by atoms with van der Waals surface area (Å²) in [5.74, 6) is 0.724. The van der Waals surface area contributed by atoms with Crippen LogP contribution in [0.2, 0.25) is 0 Å². The zero-order valence-electron chi connectivity index (χ0n) is 10.3. The van der Waals surface area contributed by atoms with Gasteiger partial charge >= 0.3 is 51.4 Å². The third kappa shape index (κ3) is 5.36. The van der Waals surface area contributed by atoms with Crippen molar-refractivity contribution in [1.82, 2.24) is 4.90 Å². The van der Waals surface area contributed by atoms with Crippen molar-refractivity contribution < 1.29 is 61.2 Å². The van der Waals surface area contributed by atoms with Gasteiger partial charge in [-0.25, -0.2) is 0 Å². The van der Waals surface area contributed by atoms with Crippen molar-refractivity contribution in [2.75, 3.05) is 33.0 Å². The van der Waals surface area contributed by atoms with Gasteiger partial charge in [0, 0.05) is 6.54 Å². The molecule has 1 aromatic carbocycles. The summed E-state index contributed by atoms with van der Waals surface area (Å²) in [4.78, 5) is 2.38. The number of aliphatic hydroxyl groups is 1. The Labute approximate surface area is 145 Å². The number of ether oxygens (including phenoxy) is 1. The molecule has 1 N–H and O–H groups in total. The van der Waals surface area contributed by atoms with Crippen LogP contribution in [0.5, 0.6) is 5.75 Å². The van der Waals surface area contributed by atoms with Gasteiger partial charge in [-0.1, -0.05) is 12.1 Å². The third-order valence-corrected chi connectivity index (χ3v) is 2.68. The smallest absolute Gasteiger partial charge is 0.660 e. The van der Waals surface area contributed by atoms with Gasteiger partial charge in [0.25, 0.3) is 0 Å². The van der Waals surface area contributed by atoms with Gasteiger partial charge in [0.05, 0.1) is 0 Å². The number of nitrogens with zero attached hydrogens (tertiary/aromatic N) is 2. The Bertz CT molecular complexity index is 330. The largest absolute Gasteiger partial charge is 1.00 e. The molecule has 0 aliphatic carbocycles. The van der Waals surface area contributed by atoms with Crippen LogP contribution in [0.1, 0.15) is 5.56 Å². The van der Waals surface area contributed by atoms with E-state index in [1.807, 2.05) is 18.2 Å². The number of rotatable bonds is 4. The van der Waals surface area contributed by atoms with E-state index in [0.29, 0.717) is 0 Å². The fourth-order valence-electron chi connectivity index (χ4n) is 1.87. The van der Waals surface area contributed by atoms with Crippen molar-refractivity contribution in [1.29, 1.82) is 0 Å². The molecule has 0 aromatic heterocycles. The summed E-state index contributed by atoms with van der Waals surface area (Å²) < 4.78 is 5.05. The summed E-state index contributed by atoms with van der Waals surface area (Å²) >= 11 is 0. The van der Waals surface area contributed by atoms with Gasteiger partial charge in [0.2, 0.25) is 0 Å². The molecule has 2 rings (SSSR count). The molecule has 0 saturated carbocycles. The molecule has 1 fully saturated rings. The molecule has 1 saturated heterocycles. The Kier molecular flexibility index (Phi) is 7.89. The summed E-state index contributed by atoms with van der Waals surface area (Å²) in [6.07, 6.45) is 0. The maximum Gasteiger partial charge on any atom is 1.00 e. The maximum atomic E-state index is 8.69. The Morgan fingerprint density at radius 1 is 1.29 bits per heavy atom. The van der Waals surface area contributed by atoms with E-state index in [1.54, 1.807) is 0 Å². The number of aliphatic hydroxyl groups excluding tert-OH is 1. The molecule has 0 radical (unpaired) electrons. The number of hydrogen-bond donors (Lipinski definition) is 1. The first-order valence-corrected chi connectivity index (χ1v) is 5.57. The summed E-state index contributed by atoms with van der Waals surface area (Å²) in [6.45, 7) is 4.60. The molecule has 0 bridgehead atoms. The first-order chi connectivity index (χ1) is 7.88. The summed E-state index contributed by atoms with van der Waals surface area (Å²) in [5, 5.41) is 13.0. The monoisotopic (exact) mass is 260 g/mol. The van der Waals surface area contributed by atoms with E-state index in [9.17, 15) is 0 Å². The second-order valence-electron chi connectivity index (χ2n) is 3.87. The van der Waals surface area contributed by atoms with Gasteiger partial charge in [-0.2, -0.15) is 0 Å². The average molecular weight is 260 g/mol. The van der Waals surface area contributed by atoms with Crippen molar-refractivity contribution >= 4 is 0 Å². The van der Waals surface area contributed by atoms with Crippen molar-refractivity contribution in [3.05, 3.63) is 35.1 Å². The van der Waals surface area contributed by atoms with E-state index in [0.717, 1.165) is 38.5 Å². The number of hydrogen-bond acceptors (Lipinski definition) is 3. The molecular formula is C12H17KN2O2. The van der Waals surface area contributed by atoms with Crippen molar-refractivity contribution in [2.45, 2.75) is 6.54 Å². The Balaban J connectivity index is 0.00000144. The van der Waals surface area contributed by atoms with Crippen molar-refractivity contribution in [3.63, 3.8) is 0 Å². The van der Waals surface area contributed by atoms with E-state index in [4.69, 9.17) is 9.84 Å². The van der Waals surface area contributed by atoms with Crippen LogP contribution in [-0.2, 0) is 6.54 Å². The maximum absolute atomic E-state index is 8.69. The molecule has 4 nitrogen and oxygen atoms in total. The fraction of sp³-hybridized carbons (Fsp3) is 0.500. The standard InChI is InChI=1S/C12H17N2O2.K/c15-10-16-12-3-1-2-11(8-12)9-14-6-4-13-5-7-14;/h1-3,8,15H,4-7,9-10H2;/q-1;+1. The van der Waals surface area contributed by atoms with Gasteiger partial charge in [0.15, 0.2) is 6.79 Å². The third-order valence-electron chi connectivity index (χ3n) is 2.68. The quantitative estimate of drug-likeness (QED) is 0.514. The van der Waals surface area contributed by atoms with Crippen LogP contribution in [0.15, 0.2) is 24.3 Å². The van der Waals surface area contributed by atoms with Crippen LogP contribution < -0.4 is 56.1 Å². The Hall–Kier alpha value is 0.536. The Morgan fingerprint density at radius 2 is 2.06 bits per heavy atom. The minimum atomic E-state index is -0.272. The second-order valence-corrected chi connectivity index (χ2v) is 3.87. The van der Waals surface area contributed by atoms with Crippen molar-refractivity contribution in [2.24, 2.45) is 0 Å². The molecule has 0 atom stereocenters. The normalized spacial score (nSPS) is 16.3. The number of piperazine rings is 1. The summed E-state index contributed by atoms with van der Waals surface area (Å²) in [5.41, 5.74) is 1.22. The van der Waals surface area contributed by atoms with Crippen LogP contribution in [0.4, 0.5) is 0 Å². The second kappa shape index (κ2) is 8.61. The summed E-state index contributed by atoms with van der Waals surface area (Å²) in [6, 6.07) is 7.86. The van der Waals surface area contributed by atoms with Gasteiger partial charge in [-0.3, -0.25) is 0 Å². The molecule has 0 unspecified atom stereocenters. The first kappa shape index (κ1) is 15.6. The predicted octanol–water partition coefficient (Wildman–Crippen LogP) is -1.79. The SMILES string of the molecule is OCOc1cccc(CN2CC[N-]CC2)c1.[K+]. The molecule has 17 heavy (non-hydrogen) atoms. The topological polar surface area (TPSA) is 46.8 Å². The van der Waals surface area contributed by atoms with Crippen LogP contribution in [-0.4, -0.2) is 43.0 Å². The average Bonchev–Trinajstić information content (AvgIpc) is 2.31. The van der Waals surface area contributed by atoms with Gasteiger partial charge < -0.3 is 20.1 Å². The van der Waals surface area contributed by atoms with E-state index >= 15 is 0 Å². The van der Waals surface area contributed by atoms with E-state index < -0.39 is 0 Å². The fourth-order valence-corrected chi connectivity index (χ4v) is 1.87. The molecule has 88 valence electrons. The van der Waals surface area contributed by atoms with E-state index in [-0.39, 0.29) is 58.2 Å². The molecule has 1 aromatic rings. The minimum Gasteiger partial charge on any atom is -0.660 e. The number of benzene rings is 1. The van der Waals surface area contributed by atoms with Crippen LogP contribution in [0.25, 0.3) is 5.32 Å².